The molecule has 0 radical (unpaired) electrons. The minimum absolute atomic E-state index is 0.00844. The van der Waals surface area contributed by atoms with Crippen LogP contribution in [0.1, 0.15) is 11.1 Å². The fraction of sp³-hybridized carbons (Fsp3) is 0.0500. The molecule has 3 rings (SSSR count). The van der Waals surface area contributed by atoms with Gasteiger partial charge >= 0.3 is 0 Å². The first-order valence-corrected chi connectivity index (χ1v) is 7.75. The number of nitro groups is 1. The highest BCUT2D eigenvalue weighted by Crippen LogP contribution is 2.32. The maximum absolute atomic E-state index is 11.3. The topological polar surface area (TPSA) is 79.0 Å². The Hall–Kier alpha value is -3.65. The van der Waals surface area contributed by atoms with E-state index in [1.165, 1.54) is 6.07 Å². The highest BCUT2D eigenvalue weighted by Gasteiger charge is 2.15. The van der Waals surface area contributed by atoms with Gasteiger partial charge in [0, 0.05) is 12.6 Å². The molecule has 1 N–H and O–H groups in total. The predicted octanol–water partition coefficient (Wildman–Crippen LogP) is 4.75. The Labute approximate surface area is 145 Å². The number of anilines is 1. The monoisotopic (exact) mass is 329 g/mol. The molecule has 122 valence electrons. The summed E-state index contributed by atoms with van der Waals surface area (Å²) in [6, 6.07) is 23.9. The van der Waals surface area contributed by atoms with Crippen LogP contribution in [0, 0.1) is 21.4 Å². The third kappa shape index (κ3) is 3.65. The van der Waals surface area contributed by atoms with Gasteiger partial charge in [-0.25, -0.2) is 0 Å². The number of nitrogens with one attached hydrogen (secondary N) is 1. The average molecular weight is 329 g/mol. The fourth-order valence-corrected chi connectivity index (χ4v) is 2.63. The number of hydrogen-bond acceptors (Lipinski definition) is 4. The van der Waals surface area contributed by atoms with Crippen molar-refractivity contribution in [1.29, 1.82) is 5.26 Å². The molecule has 0 spiro atoms. The van der Waals surface area contributed by atoms with Gasteiger partial charge in [-0.2, -0.15) is 5.26 Å². The van der Waals surface area contributed by atoms with E-state index in [9.17, 15) is 15.4 Å². The van der Waals surface area contributed by atoms with Crippen LogP contribution in [0.25, 0.3) is 11.1 Å². The molecular formula is C20H15N3O2. The second-order valence-electron chi connectivity index (χ2n) is 5.49. The van der Waals surface area contributed by atoms with E-state index in [0.29, 0.717) is 17.8 Å². The molecule has 0 aliphatic carbocycles. The Bertz CT molecular complexity index is 947. The number of hydrogen-bond donors (Lipinski definition) is 1. The van der Waals surface area contributed by atoms with E-state index in [1.807, 2.05) is 42.5 Å². The fourth-order valence-electron chi connectivity index (χ4n) is 2.63. The molecule has 0 amide bonds. The van der Waals surface area contributed by atoms with Gasteiger partial charge in [0.25, 0.3) is 5.69 Å². The van der Waals surface area contributed by atoms with Gasteiger partial charge in [-0.15, -0.1) is 0 Å². The Morgan fingerprint density at radius 1 is 1.00 bits per heavy atom. The molecule has 0 aliphatic heterocycles. The van der Waals surface area contributed by atoms with E-state index in [4.69, 9.17) is 0 Å². The molecule has 0 aromatic heterocycles. The van der Waals surface area contributed by atoms with Crippen LogP contribution < -0.4 is 5.32 Å². The molecule has 0 bridgehead atoms. The number of rotatable bonds is 5. The third-order valence-electron chi connectivity index (χ3n) is 3.88. The van der Waals surface area contributed by atoms with Crippen LogP contribution in [-0.4, -0.2) is 4.92 Å². The molecule has 5 heteroatoms. The lowest BCUT2D eigenvalue weighted by Gasteiger charge is -2.10. The molecule has 3 aromatic carbocycles. The highest BCUT2D eigenvalue weighted by atomic mass is 16.6. The first-order valence-electron chi connectivity index (χ1n) is 7.75. The van der Waals surface area contributed by atoms with Crippen LogP contribution in [0.2, 0.25) is 0 Å². The zero-order valence-corrected chi connectivity index (χ0v) is 13.3. The zero-order chi connectivity index (χ0) is 17.6. The van der Waals surface area contributed by atoms with Crippen LogP contribution in [0.15, 0.2) is 72.8 Å². The molecular weight excluding hydrogens is 314 g/mol. The van der Waals surface area contributed by atoms with Gasteiger partial charge < -0.3 is 5.32 Å². The lowest BCUT2D eigenvalue weighted by Crippen LogP contribution is -2.03. The van der Waals surface area contributed by atoms with Crippen LogP contribution in [0.4, 0.5) is 11.4 Å². The number of nitro benzene ring substituents is 1. The Morgan fingerprint density at radius 3 is 2.44 bits per heavy atom. The Kier molecular flexibility index (Phi) is 4.72. The Balaban J connectivity index is 1.98. The second-order valence-corrected chi connectivity index (χ2v) is 5.49. The van der Waals surface area contributed by atoms with Crippen molar-refractivity contribution in [2.24, 2.45) is 0 Å². The third-order valence-corrected chi connectivity index (χ3v) is 3.88. The van der Waals surface area contributed by atoms with Crippen molar-refractivity contribution in [3.8, 4) is 17.2 Å². The molecule has 0 saturated heterocycles. The van der Waals surface area contributed by atoms with E-state index in [-0.39, 0.29) is 5.69 Å². The maximum Gasteiger partial charge on any atom is 0.292 e. The zero-order valence-electron chi connectivity index (χ0n) is 13.3. The molecule has 25 heavy (non-hydrogen) atoms. The van der Waals surface area contributed by atoms with Crippen LogP contribution in [0.5, 0.6) is 0 Å². The van der Waals surface area contributed by atoms with Gasteiger partial charge in [-0.05, 0) is 34.9 Å². The SMILES string of the molecule is N#Cc1ccccc1-c1ccc([N+](=O)[O-])c(NCc2ccccc2)c1. The lowest BCUT2D eigenvalue weighted by atomic mass is 9.99. The summed E-state index contributed by atoms with van der Waals surface area (Å²) in [7, 11) is 0. The quantitative estimate of drug-likeness (QED) is 0.541. The largest absolute Gasteiger partial charge is 0.375 e. The average Bonchev–Trinajstić information content (AvgIpc) is 2.66. The number of nitriles is 1. The summed E-state index contributed by atoms with van der Waals surface area (Å²) in [5.74, 6) is 0. The smallest absolute Gasteiger partial charge is 0.292 e. The summed E-state index contributed by atoms with van der Waals surface area (Å²) in [6.45, 7) is 0.477. The van der Waals surface area contributed by atoms with Crippen LogP contribution in [-0.2, 0) is 6.54 Å². The first kappa shape index (κ1) is 16.2. The van der Waals surface area contributed by atoms with Crippen molar-refractivity contribution >= 4 is 11.4 Å². The molecule has 0 atom stereocenters. The van der Waals surface area contributed by atoms with Gasteiger partial charge in [0.2, 0.25) is 0 Å². The van der Waals surface area contributed by atoms with Crippen molar-refractivity contribution in [3.05, 3.63) is 94.0 Å². The van der Waals surface area contributed by atoms with Gasteiger partial charge in [0.1, 0.15) is 5.69 Å². The molecule has 0 saturated carbocycles. The van der Waals surface area contributed by atoms with Crippen molar-refractivity contribution in [1.82, 2.24) is 0 Å². The van der Waals surface area contributed by atoms with E-state index in [1.54, 1.807) is 24.3 Å². The van der Waals surface area contributed by atoms with Crippen LogP contribution in [0.3, 0.4) is 0 Å². The minimum atomic E-state index is -0.409. The first-order chi connectivity index (χ1) is 12.2. The van der Waals surface area contributed by atoms with E-state index >= 15 is 0 Å². The summed E-state index contributed by atoms with van der Waals surface area (Å²) in [4.78, 5) is 10.9. The lowest BCUT2D eigenvalue weighted by molar-refractivity contribution is -0.384. The van der Waals surface area contributed by atoms with E-state index in [0.717, 1.165) is 16.7 Å². The van der Waals surface area contributed by atoms with E-state index in [2.05, 4.69) is 11.4 Å². The molecule has 5 nitrogen and oxygen atoms in total. The molecule has 0 heterocycles. The summed E-state index contributed by atoms with van der Waals surface area (Å²) in [6.07, 6.45) is 0. The summed E-state index contributed by atoms with van der Waals surface area (Å²) in [5, 5.41) is 23.7. The van der Waals surface area contributed by atoms with Gasteiger partial charge in [0.15, 0.2) is 0 Å². The van der Waals surface area contributed by atoms with Crippen molar-refractivity contribution in [2.75, 3.05) is 5.32 Å². The second kappa shape index (κ2) is 7.28. The molecule has 0 unspecified atom stereocenters. The standard InChI is InChI=1S/C20H15N3O2/c21-13-17-8-4-5-9-18(17)16-10-11-20(23(24)25)19(12-16)22-14-15-6-2-1-3-7-15/h1-12,22H,14H2. The number of nitrogens with zero attached hydrogens (tertiary/aromatic N) is 2. The summed E-state index contributed by atoms with van der Waals surface area (Å²) < 4.78 is 0. The van der Waals surface area contributed by atoms with Crippen molar-refractivity contribution in [3.63, 3.8) is 0 Å². The van der Waals surface area contributed by atoms with Crippen molar-refractivity contribution in [2.45, 2.75) is 6.54 Å². The maximum atomic E-state index is 11.3. The highest BCUT2D eigenvalue weighted by molar-refractivity contribution is 5.77. The van der Waals surface area contributed by atoms with E-state index < -0.39 is 4.92 Å². The van der Waals surface area contributed by atoms with Gasteiger partial charge in [0.05, 0.1) is 16.6 Å². The Morgan fingerprint density at radius 2 is 1.72 bits per heavy atom. The van der Waals surface area contributed by atoms with Crippen molar-refractivity contribution < 1.29 is 4.92 Å². The normalized spacial score (nSPS) is 10.0. The molecule has 3 aromatic rings. The summed E-state index contributed by atoms with van der Waals surface area (Å²) >= 11 is 0. The van der Waals surface area contributed by atoms with Gasteiger partial charge in [-0.3, -0.25) is 10.1 Å². The minimum Gasteiger partial charge on any atom is -0.375 e. The number of benzene rings is 3. The van der Waals surface area contributed by atoms with Gasteiger partial charge in [-0.1, -0.05) is 48.5 Å². The predicted molar refractivity (Wildman–Crippen MR) is 97.0 cm³/mol. The van der Waals surface area contributed by atoms with Crippen LogP contribution >= 0.6 is 0 Å². The summed E-state index contributed by atoms with van der Waals surface area (Å²) in [5.41, 5.74) is 3.51. The molecule has 0 fully saturated rings. The molecule has 0 aliphatic rings.